The molecule has 10 atom stereocenters. The molecule has 21 heteroatoms. The Morgan fingerprint density at radius 2 is 1.31 bits per heavy atom. The summed E-state index contributed by atoms with van der Waals surface area (Å²) in [4.78, 5) is 50.2. The zero-order valence-electron chi connectivity index (χ0n) is 30.5. The minimum absolute atomic E-state index is 0.0440. The van der Waals surface area contributed by atoms with Crippen molar-refractivity contribution in [1.82, 2.24) is 0 Å². The van der Waals surface area contributed by atoms with Crippen LogP contribution in [-0.4, -0.2) is 139 Å². The first kappa shape index (κ1) is 42.2. The van der Waals surface area contributed by atoms with Gasteiger partial charge in [0.2, 0.25) is 12.0 Å². The van der Waals surface area contributed by atoms with Gasteiger partial charge in [-0.2, -0.15) is 0 Å². The number of carbonyl (C=O) groups is 3. The number of carboxylic acid groups (broad SMARTS) is 2. The van der Waals surface area contributed by atoms with Crippen LogP contribution >= 0.6 is 0 Å². The third-order valence-corrected chi connectivity index (χ3v) is 9.23. The van der Waals surface area contributed by atoms with Gasteiger partial charge in [-0.05, 0) is 35.9 Å². The Morgan fingerprint density at radius 1 is 0.729 bits per heavy atom. The van der Waals surface area contributed by atoms with Gasteiger partial charge in [0, 0.05) is 29.8 Å². The Bertz CT molecular complexity index is 2280. The van der Waals surface area contributed by atoms with Gasteiger partial charge < -0.3 is 83.5 Å². The fourth-order valence-electron chi connectivity index (χ4n) is 6.26. The highest BCUT2D eigenvalue weighted by Gasteiger charge is 2.55. The van der Waals surface area contributed by atoms with E-state index in [9.17, 15) is 65.1 Å². The predicted octanol–water partition coefficient (Wildman–Crippen LogP) is 0.0458. The number of aliphatic hydroxyl groups is 4. The molecule has 59 heavy (non-hydrogen) atoms. The summed E-state index contributed by atoms with van der Waals surface area (Å²) in [6.07, 6.45) is -19.7. The first-order chi connectivity index (χ1) is 28.0. The maximum absolute atomic E-state index is 13.2. The van der Waals surface area contributed by atoms with Gasteiger partial charge >= 0.3 is 17.9 Å². The molecule has 21 nitrogen and oxygen atoms in total. The largest absolute Gasteiger partial charge is 0.508 e. The second-order valence-corrected chi connectivity index (χ2v) is 13.1. The third kappa shape index (κ3) is 8.71. The smallest absolute Gasteiger partial charge is 0.335 e. The number of ether oxygens (including phenoxy) is 7. The number of hydrogen-bond acceptors (Lipinski definition) is 19. The molecule has 3 aromatic carbocycles. The number of aliphatic hydroxyl groups excluding tert-OH is 4. The van der Waals surface area contributed by atoms with Gasteiger partial charge in [0.05, 0.1) is 14.2 Å². The molecule has 0 aliphatic carbocycles. The summed E-state index contributed by atoms with van der Waals surface area (Å²) in [5.74, 6) is -6.52. The van der Waals surface area contributed by atoms with Crippen LogP contribution in [0, 0.1) is 0 Å². The van der Waals surface area contributed by atoms with Gasteiger partial charge in [0.1, 0.15) is 58.4 Å². The van der Waals surface area contributed by atoms with Crippen molar-refractivity contribution >= 4 is 35.0 Å². The average molecular weight is 829 g/mol. The number of hydrogen-bond donors (Lipinski definition) is 9. The van der Waals surface area contributed by atoms with Crippen molar-refractivity contribution in [3.05, 3.63) is 76.5 Å². The predicted molar refractivity (Wildman–Crippen MR) is 193 cm³/mol. The Morgan fingerprint density at radius 3 is 1.88 bits per heavy atom. The highest BCUT2D eigenvalue weighted by Crippen LogP contribution is 2.41. The van der Waals surface area contributed by atoms with Crippen LogP contribution in [0.15, 0.2) is 69.9 Å². The quantitative estimate of drug-likeness (QED) is 0.0672. The van der Waals surface area contributed by atoms with Crippen LogP contribution in [0.4, 0.5) is 0 Å². The van der Waals surface area contributed by atoms with Gasteiger partial charge in [0.25, 0.3) is 0 Å². The van der Waals surface area contributed by atoms with E-state index in [0.29, 0.717) is 5.56 Å². The summed E-state index contributed by atoms with van der Waals surface area (Å²) < 4.78 is 43.9. The molecule has 2 fully saturated rings. The van der Waals surface area contributed by atoms with Gasteiger partial charge in [0.15, 0.2) is 47.6 Å². The summed E-state index contributed by atoms with van der Waals surface area (Å²) in [5, 5.41) is 93.3. The van der Waals surface area contributed by atoms with E-state index in [1.165, 1.54) is 56.7 Å². The second-order valence-electron chi connectivity index (χ2n) is 13.1. The van der Waals surface area contributed by atoms with Crippen LogP contribution in [0.1, 0.15) is 5.56 Å². The fraction of sp³-hybridized carbons (Fsp3) is 0.316. The molecule has 0 spiro atoms. The summed E-state index contributed by atoms with van der Waals surface area (Å²) in [6.45, 7) is 0. The summed E-state index contributed by atoms with van der Waals surface area (Å²) in [5.41, 5.74) is -0.476. The molecule has 314 valence electrons. The number of phenols is 3. The van der Waals surface area contributed by atoms with E-state index in [4.69, 9.17) is 37.6 Å². The molecule has 6 rings (SSSR count). The molecule has 2 aliphatic rings. The normalized spacial score (nSPS) is 26.9. The number of rotatable bonds is 12. The second kappa shape index (κ2) is 17.2. The minimum atomic E-state index is -2.27. The van der Waals surface area contributed by atoms with Crippen molar-refractivity contribution in [3.8, 4) is 45.8 Å². The van der Waals surface area contributed by atoms with Gasteiger partial charge in [-0.25, -0.2) is 14.4 Å². The number of methoxy groups -OCH3 is 2. The van der Waals surface area contributed by atoms with E-state index in [0.717, 1.165) is 24.3 Å². The average Bonchev–Trinajstić information content (AvgIpc) is 3.19. The molecular weight excluding hydrogens is 792 g/mol. The standard InChI is InChI=1S/C38H36O21/c1-52-22-9-15(10-23(53-2)26(22)43)20-13-19(41)25-18(40)11-17(12-21(25)55-20)54-37-34(30(47)28(45)31(57-37)35(48)49)59-38-33(29(46)27(44)32(58-38)36(50)51)56-24(42)8-5-14-3-6-16(39)7-4-14/h3-13,27-34,37-40,43-47H,1-2H3,(H,48,49)(H,50,51)/b8-5+/t27-,28-,29-,30-,31-,32-,33+,34+,37+,38-/m0/s1. The van der Waals surface area contributed by atoms with E-state index in [1.807, 2.05) is 0 Å². The van der Waals surface area contributed by atoms with Crippen LogP contribution in [-0.2, 0) is 33.3 Å². The van der Waals surface area contributed by atoms with E-state index in [1.54, 1.807) is 0 Å². The molecule has 0 amide bonds. The van der Waals surface area contributed by atoms with Crippen molar-refractivity contribution in [1.29, 1.82) is 0 Å². The van der Waals surface area contributed by atoms with E-state index >= 15 is 0 Å². The first-order valence-corrected chi connectivity index (χ1v) is 17.3. The molecule has 2 saturated heterocycles. The summed E-state index contributed by atoms with van der Waals surface area (Å²) >= 11 is 0. The molecule has 2 aliphatic heterocycles. The third-order valence-electron chi connectivity index (χ3n) is 9.23. The monoisotopic (exact) mass is 828 g/mol. The van der Waals surface area contributed by atoms with Crippen molar-refractivity contribution in [3.63, 3.8) is 0 Å². The minimum Gasteiger partial charge on any atom is -0.508 e. The Kier molecular flexibility index (Phi) is 12.3. The molecule has 4 aromatic rings. The number of carbonyl (C=O) groups excluding carboxylic acids is 1. The molecule has 3 heterocycles. The topological polar surface area (TPSA) is 328 Å². The van der Waals surface area contributed by atoms with Gasteiger partial charge in [-0.1, -0.05) is 12.1 Å². The van der Waals surface area contributed by atoms with Crippen molar-refractivity contribution < 1.29 is 97.9 Å². The van der Waals surface area contributed by atoms with Crippen molar-refractivity contribution in [2.75, 3.05) is 14.2 Å². The number of phenolic OH excluding ortho intramolecular Hbond substituents is 3. The summed E-state index contributed by atoms with van der Waals surface area (Å²) in [6, 6.07) is 11.2. The van der Waals surface area contributed by atoms with Crippen LogP contribution in [0.3, 0.4) is 0 Å². The lowest BCUT2D eigenvalue weighted by molar-refractivity contribution is -0.350. The molecular formula is C38H36O21. The first-order valence-electron chi connectivity index (χ1n) is 17.3. The van der Waals surface area contributed by atoms with E-state index < -0.39 is 96.2 Å². The highest BCUT2D eigenvalue weighted by atomic mass is 16.8. The lowest BCUT2D eigenvalue weighted by atomic mass is 9.96. The van der Waals surface area contributed by atoms with Crippen LogP contribution < -0.4 is 19.6 Å². The fourth-order valence-corrected chi connectivity index (χ4v) is 6.26. The molecule has 0 saturated carbocycles. The maximum atomic E-state index is 13.2. The number of esters is 1. The highest BCUT2D eigenvalue weighted by molar-refractivity contribution is 5.87. The lowest BCUT2D eigenvalue weighted by Gasteiger charge is -2.45. The van der Waals surface area contributed by atoms with Crippen LogP contribution in [0.2, 0.25) is 0 Å². The van der Waals surface area contributed by atoms with Crippen LogP contribution in [0.25, 0.3) is 28.4 Å². The number of aromatic hydroxyl groups is 3. The molecule has 1 aromatic heterocycles. The van der Waals surface area contributed by atoms with Crippen molar-refractivity contribution in [2.24, 2.45) is 0 Å². The molecule has 0 bridgehead atoms. The number of aliphatic carboxylic acids is 2. The number of benzene rings is 3. The Labute approximate surface area is 330 Å². The van der Waals surface area contributed by atoms with E-state index in [2.05, 4.69) is 0 Å². The Balaban J connectivity index is 1.35. The molecule has 9 N–H and O–H groups in total. The molecule has 0 radical (unpaired) electrons. The number of carboxylic acids is 2. The number of fused-ring (bicyclic) bond motifs is 1. The summed E-state index contributed by atoms with van der Waals surface area (Å²) in [7, 11) is 2.54. The maximum Gasteiger partial charge on any atom is 0.335 e. The molecule has 0 unspecified atom stereocenters. The zero-order valence-corrected chi connectivity index (χ0v) is 30.5. The van der Waals surface area contributed by atoms with E-state index in [-0.39, 0.29) is 45.3 Å². The SMILES string of the molecule is COc1cc(-c2cc(=O)c3c(O)cc(O[C@@H]4O[C@H](C(=O)O)[C@@H](O)[C@H](O)[C@H]4O[C@@H]4O[C@H](C(=O)O)[C@@H](O)[C@H](O)[C@H]4OC(=O)/C=C/c4ccc(O)cc4)cc3o2)cc(OC)c1O. The van der Waals surface area contributed by atoms with Gasteiger partial charge in [-0.3, -0.25) is 4.79 Å². The zero-order chi connectivity index (χ0) is 42.9. The van der Waals surface area contributed by atoms with Crippen molar-refractivity contribution in [2.45, 2.75) is 61.4 Å². The van der Waals surface area contributed by atoms with Gasteiger partial charge in [-0.15, -0.1) is 0 Å². The Hall–Kier alpha value is -6.46. The lowest BCUT2D eigenvalue weighted by Crippen LogP contribution is -2.66. The van der Waals surface area contributed by atoms with Crippen LogP contribution in [0.5, 0.6) is 34.5 Å².